The number of nitrogens with two attached hydrogens (primary N) is 1. The number of anilines is 2. The lowest BCUT2D eigenvalue weighted by atomic mass is 10.00. The summed E-state index contributed by atoms with van der Waals surface area (Å²) in [5.41, 5.74) is 5.60. The van der Waals surface area contributed by atoms with Gasteiger partial charge in [0.2, 0.25) is 0 Å². The molecule has 0 saturated carbocycles. The fraction of sp³-hybridized carbons (Fsp3) is 0.636. The van der Waals surface area contributed by atoms with Gasteiger partial charge in [-0.1, -0.05) is 0 Å². The van der Waals surface area contributed by atoms with E-state index in [9.17, 15) is 4.79 Å². The fourth-order valence-electron chi connectivity index (χ4n) is 2.89. The van der Waals surface area contributed by atoms with Crippen LogP contribution in [0.5, 0.6) is 0 Å². The van der Waals surface area contributed by atoms with Gasteiger partial charge in [0.15, 0.2) is 5.82 Å². The molecule has 5 N–H and O–H groups in total. The monoisotopic (exact) mass is 235 g/mol. The van der Waals surface area contributed by atoms with Crippen LogP contribution < -0.4 is 21.9 Å². The number of piperidine rings is 1. The normalized spacial score (nSPS) is 31.4. The third-order valence-corrected chi connectivity index (χ3v) is 3.70. The summed E-state index contributed by atoms with van der Waals surface area (Å²) in [4.78, 5) is 17.9. The highest BCUT2D eigenvalue weighted by Crippen LogP contribution is 2.28. The summed E-state index contributed by atoms with van der Waals surface area (Å²) in [5.74, 6) is 0.514. The van der Waals surface area contributed by atoms with Crippen LogP contribution in [-0.2, 0) is 0 Å². The Balaban J connectivity index is 1.75. The summed E-state index contributed by atoms with van der Waals surface area (Å²) in [6, 6.07) is 1.58. The van der Waals surface area contributed by atoms with Crippen molar-refractivity contribution in [2.45, 2.75) is 43.8 Å². The zero-order valence-electron chi connectivity index (χ0n) is 9.57. The number of nitrogens with one attached hydrogen (secondary N) is 3. The van der Waals surface area contributed by atoms with Gasteiger partial charge in [-0.25, -0.2) is 4.98 Å². The van der Waals surface area contributed by atoms with Crippen molar-refractivity contribution >= 4 is 11.5 Å². The average molecular weight is 235 g/mol. The lowest BCUT2D eigenvalue weighted by Crippen LogP contribution is -2.43. The maximum absolute atomic E-state index is 11.3. The smallest absolute Gasteiger partial charge is 0.276 e. The molecule has 2 aliphatic heterocycles. The first-order valence-corrected chi connectivity index (χ1v) is 6.08. The van der Waals surface area contributed by atoms with Gasteiger partial charge in [-0.05, 0) is 25.7 Å². The molecular weight excluding hydrogens is 218 g/mol. The predicted octanol–water partition coefficient (Wildman–Crippen LogP) is 0.0470. The molecule has 2 bridgehead atoms. The molecule has 0 amide bonds. The molecule has 2 aliphatic rings. The highest BCUT2D eigenvalue weighted by molar-refractivity contribution is 5.59. The molecule has 2 atom stereocenters. The first-order valence-electron chi connectivity index (χ1n) is 6.08. The predicted molar refractivity (Wildman–Crippen MR) is 65.9 cm³/mol. The van der Waals surface area contributed by atoms with Crippen molar-refractivity contribution in [3.05, 3.63) is 16.7 Å². The van der Waals surface area contributed by atoms with E-state index in [4.69, 9.17) is 5.73 Å². The van der Waals surface area contributed by atoms with Crippen LogP contribution in [0.4, 0.5) is 11.5 Å². The standard InChI is InChI=1S/C11H17N5O/c12-9-10(13-5-14-11(9)17)16-8-3-6-1-2-7(4-8)15-6/h5-8,15H,1-4,12H2,(H2,13,14,16,17). The second-order valence-electron chi connectivity index (χ2n) is 4.94. The van der Waals surface area contributed by atoms with E-state index in [1.807, 2.05) is 0 Å². The van der Waals surface area contributed by atoms with Crippen LogP contribution in [0, 0.1) is 0 Å². The van der Waals surface area contributed by atoms with Crippen LogP contribution in [0.15, 0.2) is 11.1 Å². The van der Waals surface area contributed by atoms with Crippen molar-refractivity contribution in [3.63, 3.8) is 0 Å². The van der Waals surface area contributed by atoms with Crippen LogP contribution in [0.1, 0.15) is 25.7 Å². The van der Waals surface area contributed by atoms with Crippen LogP contribution in [0.3, 0.4) is 0 Å². The minimum atomic E-state index is -0.278. The van der Waals surface area contributed by atoms with Crippen molar-refractivity contribution in [2.24, 2.45) is 0 Å². The Morgan fingerprint density at radius 1 is 1.35 bits per heavy atom. The third kappa shape index (κ3) is 2.00. The molecule has 2 fully saturated rings. The number of nitrogen functional groups attached to an aromatic ring is 1. The number of hydrogen-bond acceptors (Lipinski definition) is 5. The molecule has 1 aromatic rings. The molecule has 92 valence electrons. The Bertz CT molecular complexity index is 459. The first kappa shape index (κ1) is 10.6. The molecule has 3 heterocycles. The topological polar surface area (TPSA) is 95.8 Å². The van der Waals surface area contributed by atoms with Gasteiger partial charge in [0.05, 0.1) is 6.33 Å². The van der Waals surface area contributed by atoms with Gasteiger partial charge in [-0.2, -0.15) is 0 Å². The van der Waals surface area contributed by atoms with E-state index in [1.54, 1.807) is 0 Å². The molecule has 6 nitrogen and oxygen atoms in total. The number of rotatable bonds is 2. The molecule has 6 heteroatoms. The van der Waals surface area contributed by atoms with E-state index in [0.29, 0.717) is 23.9 Å². The molecule has 17 heavy (non-hydrogen) atoms. The van der Waals surface area contributed by atoms with Crippen LogP contribution >= 0.6 is 0 Å². The van der Waals surface area contributed by atoms with E-state index >= 15 is 0 Å². The zero-order valence-corrected chi connectivity index (χ0v) is 9.57. The number of aromatic amines is 1. The van der Waals surface area contributed by atoms with E-state index in [1.165, 1.54) is 19.2 Å². The van der Waals surface area contributed by atoms with Gasteiger partial charge < -0.3 is 21.4 Å². The van der Waals surface area contributed by atoms with E-state index in [0.717, 1.165) is 12.8 Å². The fourth-order valence-corrected chi connectivity index (χ4v) is 2.89. The highest BCUT2D eigenvalue weighted by Gasteiger charge is 2.33. The molecule has 2 unspecified atom stereocenters. The number of hydrogen-bond donors (Lipinski definition) is 4. The summed E-state index contributed by atoms with van der Waals surface area (Å²) in [6.45, 7) is 0. The number of H-pyrrole nitrogens is 1. The molecule has 0 spiro atoms. The molecule has 3 rings (SSSR count). The van der Waals surface area contributed by atoms with Crippen LogP contribution in [0.2, 0.25) is 0 Å². The SMILES string of the molecule is Nc1c(NC2CC3CCC(C2)N3)nc[nH]c1=O. The second-order valence-corrected chi connectivity index (χ2v) is 4.94. The van der Waals surface area contributed by atoms with Crippen LogP contribution in [-0.4, -0.2) is 28.1 Å². The van der Waals surface area contributed by atoms with Crippen molar-refractivity contribution in [3.8, 4) is 0 Å². The third-order valence-electron chi connectivity index (χ3n) is 3.70. The Morgan fingerprint density at radius 2 is 2.06 bits per heavy atom. The average Bonchev–Trinajstić information content (AvgIpc) is 2.65. The van der Waals surface area contributed by atoms with Gasteiger partial charge in [0.1, 0.15) is 5.69 Å². The minimum Gasteiger partial charge on any atom is -0.391 e. The van der Waals surface area contributed by atoms with Crippen LogP contribution in [0.25, 0.3) is 0 Å². The highest BCUT2D eigenvalue weighted by atomic mass is 16.1. The largest absolute Gasteiger partial charge is 0.391 e. The van der Waals surface area contributed by atoms with Gasteiger partial charge in [0, 0.05) is 18.1 Å². The van der Waals surface area contributed by atoms with E-state index in [2.05, 4.69) is 20.6 Å². The van der Waals surface area contributed by atoms with Crippen molar-refractivity contribution in [1.82, 2.24) is 15.3 Å². The Labute approximate surface area is 99.0 Å². The van der Waals surface area contributed by atoms with Crippen molar-refractivity contribution < 1.29 is 0 Å². The molecule has 1 aromatic heterocycles. The molecule has 0 aliphatic carbocycles. The van der Waals surface area contributed by atoms with Gasteiger partial charge in [-0.15, -0.1) is 0 Å². The van der Waals surface area contributed by atoms with Gasteiger partial charge in [-0.3, -0.25) is 4.79 Å². The van der Waals surface area contributed by atoms with E-state index in [-0.39, 0.29) is 11.2 Å². The number of aromatic nitrogens is 2. The van der Waals surface area contributed by atoms with Gasteiger partial charge in [0.25, 0.3) is 5.56 Å². The lowest BCUT2D eigenvalue weighted by molar-refractivity contribution is 0.377. The van der Waals surface area contributed by atoms with Crippen molar-refractivity contribution in [2.75, 3.05) is 11.1 Å². The molecule has 0 radical (unpaired) electrons. The molecule has 2 saturated heterocycles. The molecule has 0 aromatic carbocycles. The lowest BCUT2D eigenvalue weighted by Gasteiger charge is -2.30. The Hall–Kier alpha value is -1.56. The van der Waals surface area contributed by atoms with Crippen molar-refractivity contribution in [1.29, 1.82) is 0 Å². The summed E-state index contributed by atoms with van der Waals surface area (Å²) in [5, 5.41) is 6.87. The Kier molecular flexibility index (Phi) is 2.51. The zero-order chi connectivity index (χ0) is 11.8. The summed E-state index contributed by atoms with van der Waals surface area (Å²) >= 11 is 0. The minimum absolute atomic E-state index is 0.179. The first-order chi connectivity index (χ1) is 8.22. The number of nitrogens with zero attached hydrogens (tertiary/aromatic N) is 1. The molecular formula is C11H17N5O. The van der Waals surface area contributed by atoms with Gasteiger partial charge >= 0.3 is 0 Å². The maximum atomic E-state index is 11.3. The maximum Gasteiger partial charge on any atom is 0.276 e. The summed E-state index contributed by atoms with van der Waals surface area (Å²) < 4.78 is 0. The quantitative estimate of drug-likeness (QED) is 0.581. The Morgan fingerprint density at radius 3 is 2.76 bits per heavy atom. The summed E-state index contributed by atoms with van der Waals surface area (Å²) in [7, 11) is 0. The second kappa shape index (κ2) is 4.03. The summed E-state index contributed by atoms with van der Waals surface area (Å²) in [6.07, 6.45) is 6.04. The number of fused-ring (bicyclic) bond motifs is 2. The van der Waals surface area contributed by atoms with E-state index < -0.39 is 0 Å².